The molecule has 1 aliphatic heterocycles. The van der Waals surface area contributed by atoms with E-state index in [0.717, 1.165) is 23.9 Å². The van der Waals surface area contributed by atoms with Gasteiger partial charge in [-0.15, -0.1) is 24.8 Å². The third kappa shape index (κ3) is 5.25. The fourth-order valence-electron chi connectivity index (χ4n) is 2.82. The number of carbonyl (C=O) groups is 1. The number of alkyl halides is 3. The van der Waals surface area contributed by atoms with E-state index < -0.39 is 11.9 Å². The summed E-state index contributed by atoms with van der Waals surface area (Å²) in [5.41, 5.74) is -0.108. The van der Waals surface area contributed by atoms with Crippen molar-refractivity contribution in [3.8, 4) is 0 Å². The predicted molar refractivity (Wildman–Crippen MR) is 102 cm³/mol. The molecule has 2 aromatic rings. The van der Waals surface area contributed by atoms with Gasteiger partial charge >= 0.3 is 6.18 Å². The molecular formula is C17H17Cl3F3N3O. The zero-order valence-corrected chi connectivity index (χ0v) is 16.3. The largest absolute Gasteiger partial charge is 0.433 e. The van der Waals surface area contributed by atoms with Crippen LogP contribution in [0.2, 0.25) is 5.02 Å². The van der Waals surface area contributed by atoms with Crippen LogP contribution in [0.5, 0.6) is 0 Å². The Balaban J connectivity index is 0.00000182. The molecule has 1 saturated heterocycles. The van der Waals surface area contributed by atoms with E-state index in [9.17, 15) is 18.0 Å². The van der Waals surface area contributed by atoms with Gasteiger partial charge in [0.05, 0.1) is 11.6 Å². The fraction of sp³-hybridized carbons (Fsp3) is 0.294. The molecule has 1 unspecified atom stereocenters. The molecule has 3 rings (SSSR count). The highest BCUT2D eigenvalue weighted by Crippen LogP contribution is 2.30. The lowest BCUT2D eigenvalue weighted by molar-refractivity contribution is -0.141. The minimum Gasteiger partial charge on any atom is -0.329 e. The van der Waals surface area contributed by atoms with Crippen molar-refractivity contribution in [1.82, 2.24) is 15.2 Å². The summed E-state index contributed by atoms with van der Waals surface area (Å²) in [6.07, 6.45) is -3.56. The van der Waals surface area contributed by atoms with Crippen LogP contribution in [0.25, 0.3) is 0 Å². The van der Waals surface area contributed by atoms with Gasteiger partial charge < -0.3 is 10.2 Å². The van der Waals surface area contributed by atoms with Crippen molar-refractivity contribution in [3.63, 3.8) is 0 Å². The Morgan fingerprint density at radius 1 is 1.19 bits per heavy atom. The molecule has 1 amide bonds. The number of pyridine rings is 1. The Labute approximate surface area is 171 Å². The maximum atomic E-state index is 12.8. The molecule has 0 radical (unpaired) electrons. The molecule has 1 aromatic heterocycles. The number of carbonyl (C=O) groups excluding carboxylic acids is 1. The van der Waals surface area contributed by atoms with Gasteiger partial charge in [-0.3, -0.25) is 9.78 Å². The van der Waals surface area contributed by atoms with Gasteiger partial charge in [-0.25, -0.2) is 0 Å². The molecule has 0 saturated carbocycles. The zero-order valence-electron chi connectivity index (χ0n) is 13.9. The first-order chi connectivity index (χ1) is 11.9. The van der Waals surface area contributed by atoms with Gasteiger partial charge in [0.15, 0.2) is 0 Å². The van der Waals surface area contributed by atoms with Crippen molar-refractivity contribution in [2.24, 2.45) is 0 Å². The van der Waals surface area contributed by atoms with E-state index in [0.29, 0.717) is 24.7 Å². The van der Waals surface area contributed by atoms with Crippen LogP contribution in [0.3, 0.4) is 0 Å². The van der Waals surface area contributed by atoms with E-state index in [1.165, 1.54) is 0 Å². The van der Waals surface area contributed by atoms with Gasteiger partial charge in [-0.05, 0) is 23.8 Å². The zero-order chi connectivity index (χ0) is 18.0. The van der Waals surface area contributed by atoms with Crippen LogP contribution in [-0.4, -0.2) is 35.4 Å². The summed E-state index contributed by atoms with van der Waals surface area (Å²) in [4.78, 5) is 17.8. The Hall–Kier alpha value is -1.54. The number of benzene rings is 1. The number of piperazine rings is 1. The van der Waals surface area contributed by atoms with Gasteiger partial charge in [0.25, 0.3) is 5.91 Å². The lowest BCUT2D eigenvalue weighted by atomic mass is 10.0. The minimum absolute atomic E-state index is 0. The number of hydrogen-bond donors (Lipinski definition) is 1. The predicted octanol–water partition coefficient (Wildman–Crippen LogP) is 4.38. The van der Waals surface area contributed by atoms with Gasteiger partial charge in [0.1, 0.15) is 5.69 Å². The van der Waals surface area contributed by atoms with E-state index in [1.54, 1.807) is 17.0 Å². The molecule has 148 valence electrons. The van der Waals surface area contributed by atoms with Crippen LogP contribution in [0.15, 0.2) is 42.6 Å². The van der Waals surface area contributed by atoms with Crippen molar-refractivity contribution in [1.29, 1.82) is 0 Å². The molecule has 0 bridgehead atoms. The summed E-state index contributed by atoms with van der Waals surface area (Å²) in [7, 11) is 0. The normalized spacial score (nSPS) is 16.9. The van der Waals surface area contributed by atoms with Crippen molar-refractivity contribution < 1.29 is 18.0 Å². The maximum absolute atomic E-state index is 12.8. The van der Waals surface area contributed by atoms with Crippen LogP contribution in [0, 0.1) is 0 Å². The van der Waals surface area contributed by atoms with E-state index in [2.05, 4.69) is 10.3 Å². The molecule has 1 fully saturated rings. The van der Waals surface area contributed by atoms with Crippen LogP contribution >= 0.6 is 36.4 Å². The topological polar surface area (TPSA) is 45.2 Å². The second kappa shape index (κ2) is 9.59. The standard InChI is InChI=1S/C17H15ClF3N3O.2ClH/c18-13-4-2-1-3-12(13)14-10-22-7-8-24(14)16(25)11-5-6-15(23-9-11)17(19,20)21;;/h1-6,9,14,22H,7-8,10H2;2*1H. The summed E-state index contributed by atoms with van der Waals surface area (Å²) in [5.74, 6) is -0.368. The Bertz CT molecular complexity index is 772. The first-order valence-electron chi connectivity index (χ1n) is 7.67. The molecular weight excluding hydrogens is 426 g/mol. The van der Waals surface area contributed by atoms with E-state index in [4.69, 9.17) is 11.6 Å². The van der Waals surface area contributed by atoms with E-state index >= 15 is 0 Å². The van der Waals surface area contributed by atoms with Crippen molar-refractivity contribution >= 4 is 42.3 Å². The Morgan fingerprint density at radius 2 is 1.89 bits per heavy atom. The highest BCUT2D eigenvalue weighted by molar-refractivity contribution is 6.31. The average Bonchev–Trinajstić information content (AvgIpc) is 2.61. The van der Waals surface area contributed by atoms with Gasteiger partial charge in [-0.1, -0.05) is 29.8 Å². The molecule has 27 heavy (non-hydrogen) atoms. The molecule has 4 nitrogen and oxygen atoms in total. The van der Waals surface area contributed by atoms with Crippen LogP contribution in [-0.2, 0) is 6.18 Å². The lowest BCUT2D eigenvalue weighted by Gasteiger charge is -2.37. The molecule has 0 aliphatic carbocycles. The maximum Gasteiger partial charge on any atom is 0.433 e. The molecule has 1 atom stereocenters. The Morgan fingerprint density at radius 3 is 2.48 bits per heavy atom. The summed E-state index contributed by atoms with van der Waals surface area (Å²) >= 11 is 6.24. The Kier molecular flexibility index (Phi) is 8.35. The SMILES string of the molecule is Cl.Cl.O=C(c1ccc(C(F)(F)F)nc1)N1CCNCC1c1ccccc1Cl. The molecule has 0 spiro atoms. The number of nitrogens with zero attached hydrogens (tertiary/aromatic N) is 2. The molecule has 1 aromatic carbocycles. The second-order valence-electron chi connectivity index (χ2n) is 5.67. The quantitative estimate of drug-likeness (QED) is 0.750. The first-order valence-corrected chi connectivity index (χ1v) is 8.05. The summed E-state index contributed by atoms with van der Waals surface area (Å²) in [5, 5.41) is 3.75. The minimum atomic E-state index is -4.53. The van der Waals surface area contributed by atoms with Crippen molar-refractivity contribution in [3.05, 3.63) is 64.4 Å². The molecule has 2 heterocycles. The smallest absolute Gasteiger partial charge is 0.329 e. The highest BCUT2D eigenvalue weighted by Gasteiger charge is 2.33. The average molecular weight is 443 g/mol. The number of rotatable bonds is 2. The molecule has 1 N–H and O–H groups in total. The number of halogens is 6. The van der Waals surface area contributed by atoms with Gasteiger partial charge in [0, 0.05) is 30.9 Å². The van der Waals surface area contributed by atoms with Crippen LogP contribution in [0.1, 0.15) is 27.7 Å². The third-order valence-electron chi connectivity index (χ3n) is 4.07. The highest BCUT2D eigenvalue weighted by atomic mass is 35.5. The second-order valence-corrected chi connectivity index (χ2v) is 6.08. The van der Waals surface area contributed by atoms with Crippen molar-refractivity contribution in [2.45, 2.75) is 12.2 Å². The molecule has 1 aliphatic rings. The fourth-order valence-corrected chi connectivity index (χ4v) is 3.09. The summed E-state index contributed by atoms with van der Waals surface area (Å²) in [6, 6.07) is 8.90. The molecule has 10 heteroatoms. The summed E-state index contributed by atoms with van der Waals surface area (Å²) in [6.45, 7) is 1.54. The number of hydrogen-bond acceptors (Lipinski definition) is 3. The number of amides is 1. The first kappa shape index (κ1) is 23.5. The monoisotopic (exact) mass is 441 g/mol. The van der Waals surface area contributed by atoms with Crippen LogP contribution < -0.4 is 5.32 Å². The third-order valence-corrected chi connectivity index (χ3v) is 4.41. The number of aromatic nitrogens is 1. The van der Waals surface area contributed by atoms with E-state index in [-0.39, 0.29) is 42.3 Å². The van der Waals surface area contributed by atoms with Gasteiger partial charge in [0.2, 0.25) is 0 Å². The van der Waals surface area contributed by atoms with Crippen LogP contribution in [0.4, 0.5) is 13.2 Å². The summed E-state index contributed by atoms with van der Waals surface area (Å²) < 4.78 is 37.9. The van der Waals surface area contributed by atoms with Gasteiger partial charge in [-0.2, -0.15) is 13.2 Å². The number of nitrogens with one attached hydrogen (secondary N) is 1. The lowest BCUT2D eigenvalue weighted by Crippen LogP contribution is -2.48. The van der Waals surface area contributed by atoms with E-state index in [1.807, 2.05) is 12.1 Å². The van der Waals surface area contributed by atoms with Crippen molar-refractivity contribution in [2.75, 3.05) is 19.6 Å².